The largest absolute Gasteiger partial charge is 0.354 e. The van der Waals surface area contributed by atoms with Gasteiger partial charge in [-0.05, 0) is 53.2 Å². The van der Waals surface area contributed by atoms with Crippen LogP contribution in [0.25, 0.3) is 0 Å². The van der Waals surface area contributed by atoms with Crippen LogP contribution in [0.4, 0.5) is 0 Å². The van der Waals surface area contributed by atoms with Gasteiger partial charge in [-0.15, -0.1) is 0 Å². The molecule has 0 spiro atoms. The van der Waals surface area contributed by atoms with Gasteiger partial charge in [0.05, 0.1) is 0 Å². The molecule has 0 fully saturated rings. The Balaban J connectivity index is 3.57. The second-order valence-corrected chi connectivity index (χ2v) is 13.1. The maximum atomic E-state index is 12.3. The molecule has 0 aliphatic rings. The van der Waals surface area contributed by atoms with E-state index in [0.717, 1.165) is 45.4 Å². The fraction of sp³-hybridized carbons (Fsp3) is 0.944. The molecule has 6 nitrogen and oxygen atoms in total. The van der Waals surface area contributed by atoms with E-state index in [2.05, 4.69) is 55.6 Å². The lowest BCUT2D eigenvalue weighted by Crippen LogP contribution is -2.35. The Labute approximate surface area is 262 Å². The molecule has 0 aromatic carbocycles. The van der Waals surface area contributed by atoms with Gasteiger partial charge in [0, 0.05) is 38.0 Å². The summed E-state index contributed by atoms with van der Waals surface area (Å²) in [7, 11) is 2.08. The molecule has 250 valence electrons. The van der Waals surface area contributed by atoms with Crippen molar-refractivity contribution in [1.82, 2.24) is 20.9 Å². The molecule has 2 atom stereocenters. The van der Waals surface area contributed by atoms with E-state index in [1.165, 1.54) is 116 Å². The Hall–Kier alpha value is -1.14. The van der Waals surface area contributed by atoms with Crippen molar-refractivity contribution in [1.29, 1.82) is 0 Å². The topological polar surface area (TPSA) is 73.5 Å². The van der Waals surface area contributed by atoms with Crippen LogP contribution < -0.4 is 16.0 Å². The number of nitrogens with zero attached hydrogens (tertiary/aromatic N) is 1. The quantitative estimate of drug-likeness (QED) is 0.0683. The third kappa shape index (κ3) is 30.3. The number of rotatable bonds is 32. The van der Waals surface area contributed by atoms with Crippen LogP contribution in [0.1, 0.15) is 175 Å². The van der Waals surface area contributed by atoms with Crippen molar-refractivity contribution in [3.63, 3.8) is 0 Å². The van der Waals surface area contributed by atoms with E-state index in [1.807, 2.05) is 0 Å². The summed E-state index contributed by atoms with van der Waals surface area (Å²) in [6, 6.07) is 0.539. The average molecular weight is 595 g/mol. The minimum absolute atomic E-state index is 0.154. The van der Waals surface area contributed by atoms with E-state index in [1.54, 1.807) is 0 Å². The van der Waals surface area contributed by atoms with E-state index in [9.17, 15) is 9.59 Å². The molecule has 6 heteroatoms. The Morgan fingerprint density at radius 2 is 0.929 bits per heavy atom. The zero-order chi connectivity index (χ0) is 31.1. The molecule has 0 aliphatic carbocycles. The minimum Gasteiger partial charge on any atom is -0.354 e. The monoisotopic (exact) mass is 595 g/mol. The molecule has 3 N–H and O–H groups in total. The fourth-order valence-electron chi connectivity index (χ4n) is 5.57. The van der Waals surface area contributed by atoms with E-state index < -0.39 is 0 Å². The highest BCUT2D eigenvalue weighted by Gasteiger charge is 2.09. The second kappa shape index (κ2) is 31.3. The van der Waals surface area contributed by atoms with Crippen LogP contribution in [0.5, 0.6) is 0 Å². The Kier molecular flexibility index (Phi) is 30.4. The molecule has 42 heavy (non-hydrogen) atoms. The second-order valence-electron chi connectivity index (χ2n) is 13.1. The highest BCUT2D eigenvalue weighted by molar-refractivity contribution is 5.76. The van der Waals surface area contributed by atoms with Gasteiger partial charge in [-0.1, -0.05) is 129 Å². The molecule has 0 rings (SSSR count). The van der Waals surface area contributed by atoms with Crippen molar-refractivity contribution in [2.75, 3.05) is 33.2 Å². The molecule has 0 saturated heterocycles. The molecule has 0 aromatic heterocycles. The fourth-order valence-corrected chi connectivity index (χ4v) is 5.57. The molecule has 2 amide bonds. The van der Waals surface area contributed by atoms with Crippen LogP contribution in [-0.4, -0.2) is 62.0 Å². The molecule has 0 radical (unpaired) electrons. The summed E-state index contributed by atoms with van der Waals surface area (Å²) in [6.45, 7) is 12.2. The number of carbonyl (C=O) groups is 2. The predicted octanol–water partition coefficient (Wildman–Crippen LogP) is 8.53. The van der Waals surface area contributed by atoms with E-state index in [4.69, 9.17) is 0 Å². The van der Waals surface area contributed by atoms with E-state index in [0.29, 0.717) is 12.8 Å². The summed E-state index contributed by atoms with van der Waals surface area (Å²) >= 11 is 0. The van der Waals surface area contributed by atoms with Gasteiger partial charge in [0.1, 0.15) is 0 Å². The van der Waals surface area contributed by atoms with Crippen molar-refractivity contribution in [2.24, 2.45) is 0 Å². The van der Waals surface area contributed by atoms with Crippen LogP contribution >= 0.6 is 0 Å². The average Bonchev–Trinajstić information content (AvgIpc) is 2.96. The van der Waals surface area contributed by atoms with Crippen LogP contribution in [0, 0.1) is 0 Å². The third-order valence-corrected chi connectivity index (χ3v) is 8.44. The summed E-state index contributed by atoms with van der Waals surface area (Å²) < 4.78 is 0. The zero-order valence-corrected chi connectivity index (χ0v) is 29.0. The highest BCUT2D eigenvalue weighted by atomic mass is 16.2. The molecule has 0 aliphatic heterocycles. The lowest BCUT2D eigenvalue weighted by Gasteiger charge is -2.18. The first-order valence-corrected chi connectivity index (χ1v) is 18.4. The zero-order valence-electron chi connectivity index (χ0n) is 29.0. The van der Waals surface area contributed by atoms with Gasteiger partial charge in [-0.2, -0.15) is 0 Å². The van der Waals surface area contributed by atoms with Gasteiger partial charge in [0.25, 0.3) is 0 Å². The van der Waals surface area contributed by atoms with Gasteiger partial charge >= 0.3 is 0 Å². The summed E-state index contributed by atoms with van der Waals surface area (Å²) in [5.74, 6) is 0.322. The SMILES string of the molecule is CCCCCCCCCCCC(C)NC(=O)CCNCCCN(C)CCC(=O)NC(C)CCCCCCCCCCC. The summed E-state index contributed by atoms with van der Waals surface area (Å²) in [6.07, 6.45) is 28.4. The lowest BCUT2D eigenvalue weighted by atomic mass is 10.0. The normalized spacial score (nSPS) is 12.9. The molecule has 0 aromatic rings. The Bertz CT molecular complexity index is 601. The van der Waals surface area contributed by atoms with Crippen molar-refractivity contribution < 1.29 is 9.59 Å². The number of hydrogen-bond acceptors (Lipinski definition) is 4. The van der Waals surface area contributed by atoms with Gasteiger partial charge in [-0.25, -0.2) is 0 Å². The molecule has 0 saturated carbocycles. The first-order valence-electron chi connectivity index (χ1n) is 18.4. The first kappa shape index (κ1) is 40.9. The van der Waals surface area contributed by atoms with Crippen molar-refractivity contribution in [2.45, 2.75) is 187 Å². The minimum atomic E-state index is 0.154. The summed E-state index contributed by atoms with van der Waals surface area (Å²) in [5.41, 5.74) is 0. The third-order valence-electron chi connectivity index (χ3n) is 8.44. The first-order chi connectivity index (χ1) is 20.4. The molecular weight excluding hydrogens is 520 g/mol. The van der Waals surface area contributed by atoms with Crippen LogP contribution in [-0.2, 0) is 9.59 Å². The number of unbranched alkanes of at least 4 members (excludes halogenated alkanes) is 16. The summed E-state index contributed by atoms with van der Waals surface area (Å²) in [5, 5.41) is 9.73. The van der Waals surface area contributed by atoms with Gasteiger partial charge in [0.2, 0.25) is 11.8 Å². The van der Waals surface area contributed by atoms with Crippen molar-refractivity contribution in [3.8, 4) is 0 Å². The summed E-state index contributed by atoms with van der Waals surface area (Å²) in [4.78, 5) is 26.8. The number of nitrogens with one attached hydrogen (secondary N) is 3. The standard InChI is InChI=1S/C36H74N4O2/c1-6-8-10-12-14-16-18-20-22-25-33(3)38-35(41)27-30-37-29-24-31-40(5)32-28-36(42)39-34(4)26-23-21-19-17-15-13-11-9-7-2/h33-34,37H,6-32H2,1-5H3,(H,38,41)(H,39,42). The van der Waals surface area contributed by atoms with Gasteiger partial charge in [-0.3, -0.25) is 9.59 Å². The number of carbonyl (C=O) groups excluding carboxylic acids is 2. The smallest absolute Gasteiger partial charge is 0.221 e. The van der Waals surface area contributed by atoms with Crippen molar-refractivity contribution in [3.05, 3.63) is 0 Å². The van der Waals surface area contributed by atoms with Crippen molar-refractivity contribution >= 4 is 11.8 Å². The van der Waals surface area contributed by atoms with E-state index in [-0.39, 0.29) is 23.9 Å². The number of hydrogen-bond donors (Lipinski definition) is 3. The van der Waals surface area contributed by atoms with Crippen LogP contribution in [0.3, 0.4) is 0 Å². The van der Waals surface area contributed by atoms with Crippen LogP contribution in [0.15, 0.2) is 0 Å². The van der Waals surface area contributed by atoms with Gasteiger partial charge in [0.15, 0.2) is 0 Å². The molecule has 2 unspecified atom stereocenters. The molecule has 0 heterocycles. The Morgan fingerprint density at radius 3 is 1.38 bits per heavy atom. The lowest BCUT2D eigenvalue weighted by molar-refractivity contribution is -0.122. The highest BCUT2D eigenvalue weighted by Crippen LogP contribution is 2.12. The van der Waals surface area contributed by atoms with E-state index >= 15 is 0 Å². The number of amides is 2. The maximum Gasteiger partial charge on any atom is 0.221 e. The maximum absolute atomic E-state index is 12.3. The predicted molar refractivity (Wildman–Crippen MR) is 183 cm³/mol. The molecular formula is C36H74N4O2. The van der Waals surface area contributed by atoms with Gasteiger partial charge < -0.3 is 20.9 Å². The molecule has 0 bridgehead atoms. The Morgan fingerprint density at radius 1 is 0.524 bits per heavy atom. The van der Waals surface area contributed by atoms with Crippen LogP contribution in [0.2, 0.25) is 0 Å².